The molecular formula is C17H20FN3O3S2. The number of sulfone groups is 1. The van der Waals surface area contributed by atoms with Crippen LogP contribution in [-0.4, -0.2) is 43.4 Å². The van der Waals surface area contributed by atoms with E-state index in [-0.39, 0.29) is 18.7 Å². The highest BCUT2D eigenvalue weighted by atomic mass is 32.2. The van der Waals surface area contributed by atoms with E-state index in [1.165, 1.54) is 23.5 Å². The van der Waals surface area contributed by atoms with Gasteiger partial charge in [0.05, 0.1) is 5.69 Å². The van der Waals surface area contributed by atoms with Crippen molar-refractivity contribution in [1.29, 1.82) is 0 Å². The Hall–Kier alpha value is -1.84. The van der Waals surface area contributed by atoms with Gasteiger partial charge in [-0.15, -0.1) is 11.3 Å². The smallest absolute Gasteiger partial charge is 0.247 e. The number of hydrogen-bond acceptors (Lipinski definition) is 6. The maximum Gasteiger partial charge on any atom is 0.247 e. The average molecular weight is 397 g/mol. The van der Waals surface area contributed by atoms with Crippen molar-refractivity contribution in [2.75, 3.05) is 24.7 Å². The first-order valence-electron chi connectivity index (χ1n) is 8.18. The lowest BCUT2D eigenvalue weighted by Gasteiger charge is -2.33. The van der Waals surface area contributed by atoms with Crippen LogP contribution in [0.15, 0.2) is 24.3 Å². The third-order valence-electron chi connectivity index (χ3n) is 4.67. The first-order valence-corrected chi connectivity index (χ1v) is 10.9. The second kappa shape index (κ2) is 7.05. The molecule has 0 spiro atoms. The number of halogens is 1. The van der Waals surface area contributed by atoms with Gasteiger partial charge in [0.25, 0.3) is 0 Å². The summed E-state index contributed by atoms with van der Waals surface area (Å²) < 4.78 is 36.3. The zero-order valence-electron chi connectivity index (χ0n) is 14.5. The van der Waals surface area contributed by atoms with E-state index >= 15 is 0 Å². The van der Waals surface area contributed by atoms with Crippen molar-refractivity contribution in [1.82, 2.24) is 10.3 Å². The molecule has 26 heavy (non-hydrogen) atoms. The van der Waals surface area contributed by atoms with E-state index in [9.17, 15) is 17.6 Å². The lowest BCUT2D eigenvalue weighted by molar-refractivity contribution is -0.119. The summed E-state index contributed by atoms with van der Waals surface area (Å²) in [6.45, 7) is 2.79. The minimum Gasteiger partial charge on any atom is -0.317 e. The van der Waals surface area contributed by atoms with Crippen molar-refractivity contribution in [3.63, 3.8) is 0 Å². The summed E-state index contributed by atoms with van der Waals surface area (Å²) in [5, 5.41) is 6.11. The van der Waals surface area contributed by atoms with Crippen LogP contribution < -0.4 is 10.6 Å². The minimum atomic E-state index is -3.58. The molecular weight excluding hydrogens is 377 g/mol. The summed E-state index contributed by atoms with van der Waals surface area (Å²) in [7, 11) is -3.58. The highest BCUT2D eigenvalue weighted by Gasteiger charge is 2.48. The number of aromatic nitrogens is 1. The summed E-state index contributed by atoms with van der Waals surface area (Å²) >= 11 is 1.27. The van der Waals surface area contributed by atoms with E-state index in [2.05, 4.69) is 15.6 Å². The molecule has 140 valence electrons. The van der Waals surface area contributed by atoms with E-state index < -0.39 is 20.5 Å². The van der Waals surface area contributed by atoms with E-state index in [1.807, 2.05) is 6.92 Å². The van der Waals surface area contributed by atoms with Crippen LogP contribution >= 0.6 is 11.3 Å². The maximum atomic E-state index is 13.1. The van der Waals surface area contributed by atoms with Crippen molar-refractivity contribution < 1.29 is 17.6 Å². The number of benzene rings is 1. The number of carbonyl (C=O) groups is 1. The van der Waals surface area contributed by atoms with Gasteiger partial charge in [-0.2, -0.15) is 0 Å². The van der Waals surface area contributed by atoms with Crippen LogP contribution in [0.3, 0.4) is 0 Å². The summed E-state index contributed by atoms with van der Waals surface area (Å²) in [6.07, 6.45) is 1.56. The first-order chi connectivity index (χ1) is 12.2. The second-order valence-corrected chi connectivity index (χ2v) is 9.93. The number of rotatable bonds is 4. The third-order valence-corrected chi connectivity index (χ3v) is 7.57. The fourth-order valence-electron chi connectivity index (χ4n) is 3.13. The summed E-state index contributed by atoms with van der Waals surface area (Å²) in [5.74, 6) is -0.878. The van der Waals surface area contributed by atoms with Gasteiger partial charge in [0.2, 0.25) is 5.91 Å². The fraction of sp³-hybridized carbons (Fsp3) is 0.412. The van der Waals surface area contributed by atoms with Crippen LogP contribution in [0.5, 0.6) is 0 Å². The van der Waals surface area contributed by atoms with Crippen molar-refractivity contribution in [2.45, 2.75) is 24.5 Å². The molecule has 0 saturated carbocycles. The molecule has 9 heteroatoms. The summed E-state index contributed by atoms with van der Waals surface area (Å²) in [4.78, 5) is 18.1. The SMILES string of the molecule is Cc1sc(NC(=O)C2(S(C)(=O)=O)CCNCC2)nc1-c1ccc(F)cc1. The Labute approximate surface area is 155 Å². The Morgan fingerprint density at radius 3 is 2.46 bits per heavy atom. The van der Waals surface area contributed by atoms with Crippen LogP contribution in [0.1, 0.15) is 17.7 Å². The van der Waals surface area contributed by atoms with E-state index in [0.29, 0.717) is 23.9 Å². The molecule has 2 N–H and O–H groups in total. The number of nitrogens with zero attached hydrogens (tertiary/aromatic N) is 1. The average Bonchev–Trinajstić information content (AvgIpc) is 2.95. The number of carbonyl (C=O) groups excluding carboxylic acids is 1. The number of aryl methyl sites for hydroxylation is 1. The van der Waals surface area contributed by atoms with Gasteiger partial charge < -0.3 is 10.6 Å². The third kappa shape index (κ3) is 3.51. The van der Waals surface area contributed by atoms with Crippen LogP contribution in [-0.2, 0) is 14.6 Å². The molecule has 0 unspecified atom stereocenters. The molecule has 0 aliphatic carbocycles. The molecule has 0 radical (unpaired) electrons. The van der Waals surface area contributed by atoms with Gasteiger partial charge in [0.1, 0.15) is 5.82 Å². The highest BCUT2D eigenvalue weighted by molar-refractivity contribution is 7.92. The molecule has 1 fully saturated rings. The topological polar surface area (TPSA) is 88.2 Å². The van der Waals surface area contributed by atoms with Gasteiger partial charge in [0.15, 0.2) is 19.7 Å². The summed E-state index contributed by atoms with van der Waals surface area (Å²) in [5.41, 5.74) is 1.38. The van der Waals surface area contributed by atoms with Crippen molar-refractivity contribution >= 4 is 32.2 Å². The van der Waals surface area contributed by atoms with E-state index in [0.717, 1.165) is 16.7 Å². The molecule has 2 heterocycles. The van der Waals surface area contributed by atoms with E-state index in [1.54, 1.807) is 12.1 Å². The highest BCUT2D eigenvalue weighted by Crippen LogP contribution is 2.33. The minimum absolute atomic E-state index is 0.229. The number of anilines is 1. The lowest BCUT2D eigenvalue weighted by atomic mass is 9.96. The first kappa shape index (κ1) is 18.9. The number of nitrogens with one attached hydrogen (secondary N) is 2. The zero-order valence-corrected chi connectivity index (χ0v) is 16.1. The molecule has 6 nitrogen and oxygen atoms in total. The van der Waals surface area contributed by atoms with Crippen LogP contribution in [0.25, 0.3) is 11.3 Å². The van der Waals surface area contributed by atoms with Crippen molar-refractivity contribution in [3.05, 3.63) is 35.0 Å². The molecule has 0 atom stereocenters. The molecule has 1 aromatic carbocycles. The quantitative estimate of drug-likeness (QED) is 0.827. The Morgan fingerprint density at radius 2 is 1.88 bits per heavy atom. The molecule has 0 bridgehead atoms. The van der Waals surface area contributed by atoms with Crippen molar-refractivity contribution in [2.24, 2.45) is 0 Å². The second-order valence-electron chi connectivity index (χ2n) is 6.40. The molecule has 1 saturated heterocycles. The van der Waals surface area contributed by atoms with Crippen LogP contribution in [0.4, 0.5) is 9.52 Å². The Morgan fingerprint density at radius 1 is 1.27 bits per heavy atom. The Balaban J connectivity index is 1.88. The summed E-state index contributed by atoms with van der Waals surface area (Å²) in [6, 6.07) is 5.93. The number of piperidine rings is 1. The van der Waals surface area contributed by atoms with Gasteiger partial charge in [-0.25, -0.2) is 17.8 Å². The van der Waals surface area contributed by atoms with Gasteiger partial charge in [0, 0.05) is 16.7 Å². The monoisotopic (exact) mass is 397 g/mol. The number of amides is 1. The number of thiazole rings is 1. The predicted octanol–water partition coefficient (Wildman–Crippen LogP) is 2.36. The largest absolute Gasteiger partial charge is 0.317 e. The predicted molar refractivity (Wildman–Crippen MR) is 101 cm³/mol. The maximum absolute atomic E-state index is 13.1. The Kier molecular flexibility index (Phi) is 5.14. The van der Waals surface area contributed by atoms with Crippen LogP contribution in [0.2, 0.25) is 0 Å². The molecule has 1 amide bonds. The van der Waals surface area contributed by atoms with Gasteiger partial charge in [-0.3, -0.25) is 4.79 Å². The standard InChI is InChI=1S/C17H20FN3O3S2/c1-11-14(12-3-5-13(18)6-4-12)20-16(25-11)21-15(22)17(26(2,23)24)7-9-19-10-8-17/h3-6,19H,7-10H2,1-2H3,(H,20,21,22). The Bertz CT molecular complexity index is 917. The van der Waals surface area contributed by atoms with E-state index in [4.69, 9.17) is 0 Å². The van der Waals surface area contributed by atoms with Gasteiger partial charge in [-0.05, 0) is 57.1 Å². The number of hydrogen-bond donors (Lipinski definition) is 2. The molecule has 3 rings (SSSR count). The van der Waals surface area contributed by atoms with Crippen molar-refractivity contribution in [3.8, 4) is 11.3 Å². The molecule has 1 aromatic heterocycles. The van der Waals surface area contributed by atoms with Crippen LogP contribution in [0, 0.1) is 12.7 Å². The van der Waals surface area contributed by atoms with Gasteiger partial charge >= 0.3 is 0 Å². The molecule has 1 aliphatic heterocycles. The normalized spacial score (nSPS) is 17.0. The molecule has 2 aromatic rings. The lowest BCUT2D eigenvalue weighted by Crippen LogP contribution is -2.55. The molecule has 1 aliphatic rings. The zero-order chi connectivity index (χ0) is 18.9. The fourth-order valence-corrected chi connectivity index (χ4v) is 5.30. The van der Waals surface area contributed by atoms with Gasteiger partial charge in [-0.1, -0.05) is 0 Å².